The first-order chi connectivity index (χ1) is 12.5. The van der Waals surface area contributed by atoms with Crippen molar-refractivity contribution in [1.82, 2.24) is 4.90 Å². The van der Waals surface area contributed by atoms with Crippen LogP contribution < -0.4 is 10.6 Å². The van der Waals surface area contributed by atoms with E-state index in [4.69, 9.17) is 23.2 Å². The molecule has 3 rings (SSSR count). The second-order valence-electron chi connectivity index (χ2n) is 6.11. The molecule has 0 unspecified atom stereocenters. The molecule has 0 bridgehead atoms. The van der Waals surface area contributed by atoms with Crippen LogP contribution in [0.25, 0.3) is 0 Å². The fourth-order valence-electron chi connectivity index (χ4n) is 2.83. The second-order valence-corrected chi connectivity index (χ2v) is 6.93. The van der Waals surface area contributed by atoms with Gasteiger partial charge in [-0.2, -0.15) is 0 Å². The van der Waals surface area contributed by atoms with Crippen LogP contribution in [0.15, 0.2) is 42.5 Å². The zero-order valence-electron chi connectivity index (χ0n) is 14.1. The number of carbonyl (C=O) groups is 2. The van der Waals surface area contributed by atoms with E-state index < -0.39 is 0 Å². The van der Waals surface area contributed by atoms with E-state index in [2.05, 4.69) is 10.6 Å². The van der Waals surface area contributed by atoms with E-state index in [-0.39, 0.29) is 18.4 Å². The zero-order valence-corrected chi connectivity index (χ0v) is 15.6. The van der Waals surface area contributed by atoms with Crippen molar-refractivity contribution in [3.8, 4) is 0 Å². The number of hydrogen-bond donors (Lipinski definition) is 2. The number of rotatable bonds is 5. The van der Waals surface area contributed by atoms with Gasteiger partial charge in [0, 0.05) is 30.0 Å². The van der Waals surface area contributed by atoms with Crippen molar-refractivity contribution in [1.29, 1.82) is 0 Å². The maximum atomic E-state index is 12.4. The molecule has 0 spiro atoms. The number of carbonyl (C=O) groups excluding carboxylic acids is 2. The Kier molecular flexibility index (Phi) is 6.01. The van der Waals surface area contributed by atoms with Gasteiger partial charge in [0.25, 0.3) is 5.91 Å². The van der Waals surface area contributed by atoms with Crippen molar-refractivity contribution in [3.63, 3.8) is 0 Å². The monoisotopic (exact) mass is 391 g/mol. The number of halogens is 2. The summed E-state index contributed by atoms with van der Waals surface area (Å²) in [5.41, 5.74) is 1.92. The number of anilines is 2. The van der Waals surface area contributed by atoms with Crippen LogP contribution >= 0.6 is 23.2 Å². The lowest BCUT2D eigenvalue weighted by Gasteiger charge is -2.16. The predicted molar refractivity (Wildman–Crippen MR) is 105 cm³/mol. The molecule has 0 aliphatic carbocycles. The van der Waals surface area contributed by atoms with Gasteiger partial charge in [0.1, 0.15) is 0 Å². The molecule has 2 amide bonds. The van der Waals surface area contributed by atoms with Crippen LogP contribution in [-0.2, 0) is 4.79 Å². The fraction of sp³-hybridized carbons (Fsp3) is 0.263. The first kappa shape index (κ1) is 18.5. The van der Waals surface area contributed by atoms with Crippen molar-refractivity contribution in [2.45, 2.75) is 12.8 Å². The highest BCUT2D eigenvalue weighted by molar-refractivity contribution is 6.42. The lowest BCUT2D eigenvalue weighted by atomic mass is 10.1. The van der Waals surface area contributed by atoms with Gasteiger partial charge in [-0.25, -0.2) is 0 Å². The minimum Gasteiger partial charge on any atom is -0.376 e. The van der Waals surface area contributed by atoms with Crippen LogP contribution in [0.5, 0.6) is 0 Å². The summed E-state index contributed by atoms with van der Waals surface area (Å²) < 4.78 is 0. The van der Waals surface area contributed by atoms with Crippen molar-refractivity contribution in [2.24, 2.45) is 0 Å². The quantitative estimate of drug-likeness (QED) is 0.799. The number of amides is 2. The summed E-state index contributed by atoms with van der Waals surface area (Å²) in [5, 5.41) is 6.59. The van der Waals surface area contributed by atoms with Gasteiger partial charge in [0.05, 0.1) is 16.6 Å². The third kappa shape index (κ3) is 4.68. The van der Waals surface area contributed by atoms with E-state index in [1.807, 2.05) is 17.0 Å². The molecular formula is C19H19Cl2N3O2. The largest absolute Gasteiger partial charge is 0.376 e. The van der Waals surface area contributed by atoms with Crippen molar-refractivity contribution in [3.05, 3.63) is 58.1 Å². The molecular weight excluding hydrogens is 373 g/mol. The van der Waals surface area contributed by atoms with Gasteiger partial charge in [-0.3, -0.25) is 9.59 Å². The van der Waals surface area contributed by atoms with Gasteiger partial charge < -0.3 is 15.5 Å². The standard InChI is InChI=1S/C19H19Cl2N3O2/c20-16-7-6-15(11-17(16)21)23-18(25)12-22-14-5-3-4-13(10-14)19(26)24-8-1-2-9-24/h3-7,10-11,22H,1-2,8-9,12H2,(H,23,25). The van der Waals surface area contributed by atoms with Crippen molar-refractivity contribution >= 4 is 46.4 Å². The highest BCUT2D eigenvalue weighted by atomic mass is 35.5. The van der Waals surface area contributed by atoms with Gasteiger partial charge in [-0.15, -0.1) is 0 Å². The number of hydrogen-bond acceptors (Lipinski definition) is 3. The number of benzene rings is 2. The summed E-state index contributed by atoms with van der Waals surface area (Å²) in [4.78, 5) is 26.4. The minimum atomic E-state index is -0.223. The molecule has 7 heteroatoms. The maximum Gasteiger partial charge on any atom is 0.253 e. The Morgan fingerprint density at radius 2 is 1.73 bits per heavy atom. The molecule has 5 nitrogen and oxygen atoms in total. The van der Waals surface area contributed by atoms with Crippen molar-refractivity contribution < 1.29 is 9.59 Å². The summed E-state index contributed by atoms with van der Waals surface area (Å²) in [6, 6.07) is 12.1. The Labute approximate surface area is 162 Å². The van der Waals surface area contributed by atoms with Gasteiger partial charge in [-0.05, 0) is 49.2 Å². The summed E-state index contributed by atoms with van der Waals surface area (Å²) in [6.45, 7) is 1.69. The second kappa shape index (κ2) is 8.43. The third-order valence-electron chi connectivity index (χ3n) is 4.16. The maximum absolute atomic E-state index is 12.4. The van der Waals surface area contributed by atoms with Crippen LogP contribution in [0, 0.1) is 0 Å². The Morgan fingerprint density at radius 1 is 0.962 bits per heavy atom. The molecule has 2 N–H and O–H groups in total. The molecule has 1 aliphatic heterocycles. The molecule has 1 saturated heterocycles. The highest BCUT2D eigenvalue weighted by Gasteiger charge is 2.19. The Bertz CT molecular complexity index is 820. The SMILES string of the molecule is O=C(CNc1cccc(C(=O)N2CCCC2)c1)Nc1ccc(Cl)c(Cl)c1. The molecule has 0 aromatic heterocycles. The minimum absolute atomic E-state index is 0.0337. The van der Waals surface area contributed by atoms with Gasteiger partial charge >= 0.3 is 0 Å². The molecule has 0 radical (unpaired) electrons. The average molecular weight is 392 g/mol. The smallest absolute Gasteiger partial charge is 0.253 e. The topological polar surface area (TPSA) is 61.4 Å². The number of nitrogens with one attached hydrogen (secondary N) is 2. The first-order valence-electron chi connectivity index (χ1n) is 8.41. The third-order valence-corrected chi connectivity index (χ3v) is 4.90. The van der Waals surface area contributed by atoms with E-state index in [9.17, 15) is 9.59 Å². The highest BCUT2D eigenvalue weighted by Crippen LogP contribution is 2.25. The lowest BCUT2D eigenvalue weighted by Crippen LogP contribution is -2.27. The van der Waals surface area contributed by atoms with Crippen molar-refractivity contribution in [2.75, 3.05) is 30.3 Å². The van der Waals surface area contributed by atoms with Crippen LogP contribution in [-0.4, -0.2) is 36.3 Å². The molecule has 0 saturated carbocycles. The number of nitrogens with zero attached hydrogens (tertiary/aromatic N) is 1. The molecule has 1 heterocycles. The molecule has 2 aromatic rings. The van der Waals surface area contributed by atoms with Gasteiger partial charge in [-0.1, -0.05) is 29.3 Å². The first-order valence-corrected chi connectivity index (χ1v) is 9.16. The summed E-state index contributed by atoms with van der Waals surface area (Å²) in [7, 11) is 0. The summed E-state index contributed by atoms with van der Waals surface area (Å²) in [5.74, 6) is -0.189. The van der Waals surface area contributed by atoms with E-state index in [1.54, 1.807) is 30.3 Å². The average Bonchev–Trinajstić information content (AvgIpc) is 3.17. The Balaban J connectivity index is 1.57. The van der Waals surface area contributed by atoms with E-state index >= 15 is 0 Å². The molecule has 1 aliphatic rings. The normalized spacial score (nSPS) is 13.5. The van der Waals surface area contributed by atoms with Gasteiger partial charge in [0.2, 0.25) is 5.91 Å². The fourth-order valence-corrected chi connectivity index (χ4v) is 3.12. The molecule has 26 heavy (non-hydrogen) atoms. The van der Waals surface area contributed by atoms with E-state index in [0.717, 1.165) is 31.6 Å². The van der Waals surface area contributed by atoms with Crippen LogP contribution in [0.2, 0.25) is 10.0 Å². The molecule has 0 atom stereocenters. The van der Waals surface area contributed by atoms with Crippen LogP contribution in [0.3, 0.4) is 0 Å². The lowest BCUT2D eigenvalue weighted by molar-refractivity contribution is -0.114. The molecule has 1 fully saturated rings. The summed E-state index contributed by atoms with van der Waals surface area (Å²) in [6.07, 6.45) is 2.11. The zero-order chi connectivity index (χ0) is 18.5. The summed E-state index contributed by atoms with van der Waals surface area (Å²) >= 11 is 11.8. The van der Waals surface area contributed by atoms with E-state index in [0.29, 0.717) is 21.3 Å². The van der Waals surface area contributed by atoms with Gasteiger partial charge in [0.15, 0.2) is 0 Å². The molecule has 136 valence electrons. The number of likely N-dealkylation sites (tertiary alicyclic amines) is 1. The Hall–Kier alpha value is -2.24. The Morgan fingerprint density at radius 3 is 2.46 bits per heavy atom. The predicted octanol–water partition coefficient (Wildman–Crippen LogP) is 4.28. The van der Waals surface area contributed by atoms with E-state index in [1.165, 1.54) is 0 Å². The molecule has 2 aromatic carbocycles. The van der Waals surface area contributed by atoms with Crippen LogP contribution in [0.1, 0.15) is 23.2 Å². The van der Waals surface area contributed by atoms with Crippen LogP contribution in [0.4, 0.5) is 11.4 Å².